The molecular weight excluding hydrogens is 254 g/mol. The van der Waals surface area contributed by atoms with E-state index in [-0.39, 0.29) is 0 Å². The van der Waals surface area contributed by atoms with Crippen LogP contribution in [0.5, 0.6) is 5.75 Å². The zero-order valence-electron chi connectivity index (χ0n) is 11.0. The third-order valence-electron chi connectivity index (χ3n) is 3.36. The molecule has 0 radical (unpaired) electrons. The van der Waals surface area contributed by atoms with Crippen molar-refractivity contribution in [1.29, 1.82) is 0 Å². The maximum absolute atomic E-state index is 12.2. The van der Waals surface area contributed by atoms with Crippen molar-refractivity contribution in [2.45, 2.75) is 6.54 Å². The summed E-state index contributed by atoms with van der Waals surface area (Å²) in [5.41, 5.74) is 1.95. The number of anilines is 1. The highest BCUT2D eigenvalue weighted by atomic mass is 16.5. The van der Waals surface area contributed by atoms with Crippen LogP contribution in [0.4, 0.5) is 5.69 Å². The Hall–Kier alpha value is -2.62. The Morgan fingerprint density at radius 3 is 2.45 bits per heavy atom. The van der Waals surface area contributed by atoms with E-state index in [9.17, 15) is 9.59 Å². The summed E-state index contributed by atoms with van der Waals surface area (Å²) in [6.07, 6.45) is 0. The lowest BCUT2D eigenvalue weighted by Crippen LogP contribution is -2.29. The summed E-state index contributed by atoms with van der Waals surface area (Å²) in [5.74, 6) is -0.571. The van der Waals surface area contributed by atoms with Crippen LogP contribution in [0.1, 0.15) is 15.9 Å². The SMILES string of the molecule is COc1cccc2c1C(=O)C(=O)N2Cc1ccccc1. The van der Waals surface area contributed by atoms with E-state index in [2.05, 4.69) is 0 Å². The highest BCUT2D eigenvalue weighted by Crippen LogP contribution is 2.36. The quantitative estimate of drug-likeness (QED) is 0.802. The number of fused-ring (bicyclic) bond motifs is 1. The van der Waals surface area contributed by atoms with Crippen molar-refractivity contribution in [2.24, 2.45) is 0 Å². The Bertz CT molecular complexity index is 679. The van der Waals surface area contributed by atoms with Gasteiger partial charge in [0.05, 0.1) is 24.9 Å². The van der Waals surface area contributed by atoms with Crippen LogP contribution in [0.3, 0.4) is 0 Å². The number of hydrogen-bond donors (Lipinski definition) is 0. The van der Waals surface area contributed by atoms with Crippen LogP contribution in [0.25, 0.3) is 0 Å². The minimum Gasteiger partial charge on any atom is -0.496 e. The van der Waals surface area contributed by atoms with Crippen LogP contribution in [0.15, 0.2) is 48.5 Å². The van der Waals surface area contributed by atoms with Crippen molar-refractivity contribution in [3.8, 4) is 5.75 Å². The second kappa shape index (κ2) is 4.81. The Balaban J connectivity index is 2.03. The molecule has 1 heterocycles. The topological polar surface area (TPSA) is 46.6 Å². The van der Waals surface area contributed by atoms with E-state index in [0.29, 0.717) is 23.5 Å². The van der Waals surface area contributed by atoms with E-state index in [1.165, 1.54) is 12.0 Å². The molecule has 4 nitrogen and oxygen atoms in total. The van der Waals surface area contributed by atoms with Gasteiger partial charge in [0.1, 0.15) is 5.75 Å². The van der Waals surface area contributed by atoms with Gasteiger partial charge in [-0.15, -0.1) is 0 Å². The maximum Gasteiger partial charge on any atom is 0.299 e. The number of rotatable bonds is 3. The standard InChI is InChI=1S/C16H13NO3/c1-20-13-9-5-8-12-14(13)15(18)16(19)17(12)10-11-6-3-2-4-7-11/h2-9H,10H2,1H3. The predicted molar refractivity (Wildman–Crippen MR) is 75.0 cm³/mol. The zero-order valence-corrected chi connectivity index (χ0v) is 11.0. The fraction of sp³-hybridized carbons (Fsp3) is 0.125. The Morgan fingerprint density at radius 1 is 1.00 bits per heavy atom. The molecule has 2 aromatic rings. The van der Waals surface area contributed by atoms with Gasteiger partial charge < -0.3 is 9.64 Å². The number of hydrogen-bond acceptors (Lipinski definition) is 3. The Labute approximate surface area is 116 Å². The molecule has 0 unspecified atom stereocenters. The zero-order chi connectivity index (χ0) is 14.1. The van der Waals surface area contributed by atoms with Gasteiger partial charge in [0.15, 0.2) is 0 Å². The van der Waals surface area contributed by atoms with Gasteiger partial charge in [0.25, 0.3) is 11.7 Å². The van der Waals surface area contributed by atoms with Crippen molar-refractivity contribution in [3.05, 3.63) is 59.7 Å². The first kappa shape index (κ1) is 12.4. The number of nitrogens with zero attached hydrogens (tertiary/aromatic N) is 1. The molecule has 2 aromatic carbocycles. The average molecular weight is 267 g/mol. The molecule has 3 rings (SSSR count). The van der Waals surface area contributed by atoms with Gasteiger partial charge in [-0.1, -0.05) is 36.4 Å². The summed E-state index contributed by atoms with van der Waals surface area (Å²) in [6.45, 7) is 0.381. The molecule has 1 aliphatic heterocycles. The van der Waals surface area contributed by atoms with Crippen LogP contribution in [0.2, 0.25) is 0 Å². The maximum atomic E-state index is 12.2. The average Bonchev–Trinajstić information content (AvgIpc) is 2.73. The van der Waals surface area contributed by atoms with Gasteiger partial charge in [-0.2, -0.15) is 0 Å². The normalized spacial score (nSPS) is 13.6. The first-order chi connectivity index (χ1) is 9.72. The molecule has 4 heteroatoms. The smallest absolute Gasteiger partial charge is 0.299 e. The van der Waals surface area contributed by atoms with Gasteiger partial charge in [-0.3, -0.25) is 9.59 Å². The van der Waals surface area contributed by atoms with Crippen LogP contribution in [-0.4, -0.2) is 18.8 Å². The number of carbonyl (C=O) groups excluding carboxylic acids is 2. The molecule has 0 spiro atoms. The molecule has 100 valence electrons. The summed E-state index contributed by atoms with van der Waals surface area (Å²) in [4.78, 5) is 25.8. The third kappa shape index (κ3) is 1.86. The molecule has 0 N–H and O–H groups in total. The Kier molecular flexibility index (Phi) is 2.99. The van der Waals surface area contributed by atoms with Crippen molar-refractivity contribution >= 4 is 17.4 Å². The minimum absolute atomic E-state index is 0.357. The van der Waals surface area contributed by atoms with E-state index in [1.54, 1.807) is 18.2 Å². The van der Waals surface area contributed by atoms with Crippen molar-refractivity contribution in [3.63, 3.8) is 0 Å². The van der Waals surface area contributed by atoms with E-state index < -0.39 is 11.7 Å². The molecule has 1 amide bonds. The van der Waals surface area contributed by atoms with Gasteiger partial charge >= 0.3 is 0 Å². The summed E-state index contributed by atoms with van der Waals surface area (Å²) in [6, 6.07) is 14.8. The van der Waals surface area contributed by atoms with E-state index in [0.717, 1.165) is 5.56 Å². The largest absolute Gasteiger partial charge is 0.496 e. The monoisotopic (exact) mass is 267 g/mol. The lowest BCUT2D eigenvalue weighted by atomic mass is 10.1. The predicted octanol–water partition coefficient (Wildman–Crippen LogP) is 2.42. The van der Waals surface area contributed by atoms with Gasteiger partial charge in [-0.05, 0) is 17.7 Å². The number of benzene rings is 2. The van der Waals surface area contributed by atoms with Crippen LogP contribution < -0.4 is 9.64 Å². The number of ketones is 1. The molecule has 0 saturated heterocycles. The number of Topliss-reactive ketones (excluding diaryl/α,β-unsaturated/α-hetero) is 1. The van der Waals surface area contributed by atoms with Crippen molar-refractivity contribution in [2.75, 3.05) is 12.0 Å². The fourth-order valence-electron chi connectivity index (χ4n) is 2.40. The first-order valence-electron chi connectivity index (χ1n) is 6.29. The number of amides is 1. The molecule has 0 aliphatic carbocycles. The van der Waals surface area contributed by atoms with E-state index in [4.69, 9.17) is 4.74 Å². The highest BCUT2D eigenvalue weighted by molar-refractivity contribution is 6.52. The van der Waals surface area contributed by atoms with E-state index >= 15 is 0 Å². The van der Waals surface area contributed by atoms with Crippen LogP contribution >= 0.6 is 0 Å². The number of ether oxygens (including phenoxy) is 1. The molecule has 0 fully saturated rings. The molecule has 0 saturated carbocycles. The lowest BCUT2D eigenvalue weighted by Gasteiger charge is -2.16. The van der Waals surface area contributed by atoms with Gasteiger partial charge in [-0.25, -0.2) is 0 Å². The second-order valence-corrected chi connectivity index (χ2v) is 4.56. The minimum atomic E-state index is -0.506. The third-order valence-corrected chi connectivity index (χ3v) is 3.36. The second-order valence-electron chi connectivity index (χ2n) is 4.56. The van der Waals surface area contributed by atoms with Gasteiger partial charge in [0.2, 0.25) is 0 Å². The summed E-state index contributed by atoms with van der Waals surface area (Å²) in [7, 11) is 1.49. The van der Waals surface area contributed by atoms with Crippen molar-refractivity contribution < 1.29 is 14.3 Å². The molecular formula is C16H13NO3. The van der Waals surface area contributed by atoms with Crippen LogP contribution in [0, 0.1) is 0 Å². The summed E-state index contributed by atoms with van der Waals surface area (Å²) < 4.78 is 5.17. The molecule has 20 heavy (non-hydrogen) atoms. The summed E-state index contributed by atoms with van der Waals surface area (Å²) in [5, 5.41) is 0. The highest BCUT2D eigenvalue weighted by Gasteiger charge is 2.38. The van der Waals surface area contributed by atoms with Crippen molar-refractivity contribution in [1.82, 2.24) is 0 Å². The first-order valence-corrected chi connectivity index (χ1v) is 6.29. The molecule has 0 aromatic heterocycles. The van der Waals surface area contributed by atoms with Gasteiger partial charge in [0, 0.05) is 0 Å². The van der Waals surface area contributed by atoms with Crippen LogP contribution in [-0.2, 0) is 11.3 Å². The molecule has 0 atom stereocenters. The fourth-order valence-corrected chi connectivity index (χ4v) is 2.40. The molecule has 1 aliphatic rings. The Morgan fingerprint density at radius 2 is 1.75 bits per heavy atom. The van der Waals surface area contributed by atoms with E-state index in [1.807, 2.05) is 30.3 Å². The number of carbonyl (C=O) groups is 2. The molecule has 0 bridgehead atoms. The lowest BCUT2D eigenvalue weighted by molar-refractivity contribution is -0.114. The summed E-state index contributed by atoms with van der Waals surface area (Å²) >= 11 is 0. The number of methoxy groups -OCH3 is 1.